The molecule has 2 aliphatic carbocycles. The zero-order valence-electron chi connectivity index (χ0n) is 11.0. The first kappa shape index (κ1) is 12.4. The molecule has 3 aliphatic rings. The Morgan fingerprint density at radius 3 is 2.89 bits per heavy atom. The van der Waals surface area contributed by atoms with Crippen LogP contribution in [0.4, 0.5) is 0 Å². The van der Waals surface area contributed by atoms with Crippen LogP contribution < -0.4 is 0 Å². The Balaban J connectivity index is 2.12. The van der Waals surface area contributed by atoms with E-state index in [0.29, 0.717) is 0 Å². The summed E-state index contributed by atoms with van der Waals surface area (Å²) in [7, 11) is 6.12. The van der Waals surface area contributed by atoms with E-state index in [0.717, 1.165) is 19.4 Å². The summed E-state index contributed by atoms with van der Waals surface area (Å²) in [6, 6.07) is 0.0389. The van der Waals surface area contributed by atoms with Crippen molar-refractivity contribution in [1.82, 2.24) is 9.80 Å². The molecule has 5 heteroatoms. The standard InChI is InChI=1S/C13H20N2O2S/c1-14(2)11-6-7-15(3)12-10(11)5-4-9-8-13(9,12)18(16)17/h4-5,9,12H,6-8H2,1-3H3,(H,16,17)/p-1. The van der Waals surface area contributed by atoms with E-state index in [1.165, 1.54) is 11.3 Å². The van der Waals surface area contributed by atoms with Crippen LogP contribution in [0.25, 0.3) is 0 Å². The minimum absolute atomic E-state index is 0.0389. The van der Waals surface area contributed by atoms with Gasteiger partial charge in [0.1, 0.15) is 0 Å². The van der Waals surface area contributed by atoms with Gasteiger partial charge in [-0.3, -0.25) is 9.11 Å². The number of likely N-dealkylation sites (N-methyl/N-ethyl adjacent to an activating group) is 1. The maximum absolute atomic E-state index is 11.7. The molecule has 3 rings (SSSR count). The Hall–Kier alpha value is -0.650. The Morgan fingerprint density at radius 2 is 2.28 bits per heavy atom. The van der Waals surface area contributed by atoms with E-state index >= 15 is 0 Å². The fraction of sp³-hybridized carbons (Fsp3) is 0.692. The van der Waals surface area contributed by atoms with Gasteiger partial charge in [-0.05, 0) is 36.0 Å². The van der Waals surface area contributed by atoms with Gasteiger partial charge in [-0.25, -0.2) is 0 Å². The van der Waals surface area contributed by atoms with E-state index in [1.807, 2.05) is 21.1 Å². The number of hydrogen-bond donors (Lipinski definition) is 0. The summed E-state index contributed by atoms with van der Waals surface area (Å²) in [6.07, 6.45) is 6.01. The fourth-order valence-electron chi connectivity index (χ4n) is 3.59. The molecule has 0 radical (unpaired) electrons. The molecule has 0 saturated heterocycles. The monoisotopic (exact) mass is 267 g/mol. The first-order valence-corrected chi connectivity index (χ1v) is 7.44. The van der Waals surface area contributed by atoms with Gasteiger partial charge in [-0.1, -0.05) is 12.2 Å². The van der Waals surface area contributed by atoms with Gasteiger partial charge in [0, 0.05) is 32.8 Å². The lowest BCUT2D eigenvalue weighted by atomic mass is 9.88. The lowest BCUT2D eigenvalue weighted by molar-refractivity contribution is 0.222. The van der Waals surface area contributed by atoms with Gasteiger partial charge in [0.15, 0.2) is 0 Å². The minimum Gasteiger partial charge on any atom is -0.772 e. The van der Waals surface area contributed by atoms with Gasteiger partial charge in [-0.2, -0.15) is 0 Å². The van der Waals surface area contributed by atoms with Crippen LogP contribution in [0, 0.1) is 5.92 Å². The number of rotatable bonds is 2. The molecule has 0 aromatic heterocycles. The molecule has 4 unspecified atom stereocenters. The molecule has 1 fully saturated rings. The smallest absolute Gasteiger partial charge is 0.0593 e. The summed E-state index contributed by atoms with van der Waals surface area (Å²) < 4.78 is 22.8. The maximum atomic E-state index is 11.7. The van der Waals surface area contributed by atoms with Crippen LogP contribution in [0.2, 0.25) is 0 Å². The van der Waals surface area contributed by atoms with Gasteiger partial charge in [-0.15, -0.1) is 0 Å². The summed E-state index contributed by atoms with van der Waals surface area (Å²) in [5, 5.41) is 0. The van der Waals surface area contributed by atoms with Crippen molar-refractivity contribution in [2.24, 2.45) is 5.92 Å². The lowest BCUT2D eigenvalue weighted by Gasteiger charge is -2.44. The highest BCUT2D eigenvalue weighted by Crippen LogP contribution is 2.58. The van der Waals surface area contributed by atoms with Crippen LogP contribution in [0.1, 0.15) is 12.8 Å². The summed E-state index contributed by atoms with van der Waals surface area (Å²) in [4.78, 5) is 4.34. The predicted octanol–water partition coefficient (Wildman–Crippen LogP) is 0.714. The SMILES string of the molecule is CN(C)C1=C2C=CC3CC3(S(=O)[O-])C2N(C)CC1. The van der Waals surface area contributed by atoms with E-state index < -0.39 is 15.8 Å². The largest absolute Gasteiger partial charge is 0.772 e. The Morgan fingerprint density at radius 1 is 1.56 bits per heavy atom. The highest BCUT2D eigenvalue weighted by Gasteiger charge is 2.63. The Labute approximate surface area is 111 Å². The highest BCUT2D eigenvalue weighted by atomic mass is 32.2. The molecule has 0 aromatic carbocycles. The second-order valence-corrected chi connectivity index (χ2v) is 7.02. The minimum atomic E-state index is -2.01. The van der Waals surface area contributed by atoms with E-state index in [9.17, 15) is 8.76 Å². The van der Waals surface area contributed by atoms with Crippen LogP contribution in [0.5, 0.6) is 0 Å². The summed E-state index contributed by atoms with van der Waals surface area (Å²) in [5.41, 5.74) is 2.48. The third-order valence-electron chi connectivity index (χ3n) is 4.60. The third kappa shape index (κ3) is 1.47. The second kappa shape index (κ2) is 3.92. The zero-order chi connectivity index (χ0) is 13.1. The van der Waals surface area contributed by atoms with Crippen molar-refractivity contribution in [3.8, 4) is 0 Å². The van der Waals surface area contributed by atoms with Gasteiger partial charge >= 0.3 is 0 Å². The van der Waals surface area contributed by atoms with Crippen molar-refractivity contribution in [1.29, 1.82) is 0 Å². The molecular formula is C13H19N2O2S-. The summed E-state index contributed by atoms with van der Waals surface area (Å²) in [5.74, 6) is 0.216. The molecule has 0 bridgehead atoms. The molecule has 0 amide bonds. The molecular weight excluding hydrogens is 248 g/mol. The number of hydrogen-bond acceptors (Lipinski definition) is 4. The first-order valence-electron chi connectivity index (χ1n) is 6.36. The average Bonchev–Trinajstić information content (AvgIpc) is 3.04. The predicted molar refractivity (Wildman–Crippen MR) is 70.6 cm³/mol. The molecule has 4 atom stereocenters. The normalized spacial score (nSPS) is 40.2. The topological polar surface area (TPSA) is 46.6 Å². The fourth-order valence-corrected chi connectivity index (χ4v) is 4.72. The van der Waals surface area contributed by atoms with Crippen molar-refractivity contribution >= 4 is 11.1 Å². The van der Waals surface area contributed by atoms with Crippen LogP contribution in [-0.2, 0) is 11.1 Å². The molecule has 18 heavy (non-hydrogen) atoms. The quantitative estimate of drug-likeness (QED) is 0.692. The van der Waals surface area contributed by atoms with E-state index in [2.05, 4.69) is 22.0 Å². The molecule has 0 aromatic rings. The van der Waals surface area contributed by atoms with Crippen molar-refractivity contribution in [2.45, 2.75) is 23.6 Å². The van der Waals surface area contributed by atoms with E-state index in [1.54, 1.807) is 0 Å². The molecule has 1 aliphatic heterocycles. The third-order valence-corrected chi connectivity index (χ3v) is 5.91. The molecule has 100 valence electrons. The lowest BCUT2D eigenvalue weighted by Crippen LogP contribution is -2.52. The Bertz CT molecular complexity index is 472. The van der Waals surface area contributed by atoms with Gasteiger partial charge in [0.05, 0.1) is 10.8 Å². The van der Waals surface area contributed by atoms with Crippen LogP contribution in [0.3, 0.4) is 0 Å². The molecule has 0 spiro atoms. The van der Waals surface area contributed by atoms with E-state index in [4.69, 9.17) is 0 Å². The average molecular weight is 267 g/mol. The van der Waals surface area contributed by atoms with Crippen molar-refractivity contribution in [3.05, 3.63) is 23.4 Å². The summed E-state index contributed by atoms with van der Waals surface area (Å²) >= 11 is -2.01. The zero-order valence-corrected chi connectivity index (χ0v) is 11.9. The van der Waals surface area contributed by atoms with Crippen LogP contribution >= 0.6 is 0 Å². The summed E-state index contributed by atoms with van der Waals surface area (Å²) in [6.45, 7) is 0.932. The maximum Gasteiger partial charge on any atom is 0.0593 e. The van der Waals surface area contributed by atoms with E-state index in [-0.39, 0.29) is 12.0 Å². The van der Waals surface area contributed by atoms with Crippen LogP contribution in [0.15, 0.2) is 23.4 Å². The first-order chi connectivity index (χ1) is 8.48. The van der Waals surface area contributed by atoms with Crippen molar-refractivity contribution in [2.75, 3.05) is 27.7 Å². The number of allylic oxidation sites excluding steroid dienone is 1. The van der Waals surface area contributed by atoms with Crippen molar-refractivity contribution in [3.63, 3.8) is 0 Å². The number of nitrogens with zero attached hydrogens (tertiary/aromatic N) is 2. The van der Waals surface area contributed by atoms with Gasteiger partial charge in [0.2, 0.25) is 0 Å². The second-order valence-electron chi connectivity index (χ2n) is 5.79. The van der Waals surface area contributed by atoms with Crippen molar-refractivity contribution < 1.29 is 8.76 Å². The van der Waals surface area contributed by atoms with Gasteiger partial charge < -0.3 is 9.45 Å². The molecule has 4 nitrogen and oxygen atoms in total. The number of fused-ring (bicyclic) bond motifs is 3. The molecule has 0 N–H and O–H groups in total. The molecule has 1 heterocycles. The Kier molecular flexibility index (Phi) is 2.70. The van der Waals surface area contributed by atoms with Crippen LogP contribution in [-0.4, -0.2) is 57.0 Å². The highest BCUT2D eigenvalue weighted by molar-refractivity contribution is 7.81. The molecule has 1 saturated carbocycles. The van der Waals surface area contributed by atoms with Gasteiger partial charge in [0.25, 0.3) is 0 Å².